The van der Waals surface area contributed by atoms with E-state index in [1.807, 2.05) is 39.2 Å². The van der Waals surface area contributed by atoms with Crippen molar-refractivity contribution in [3.05, 3.63) is 35.9 Å². The Balaban J connectivity index is 2.05. The minimum Gasteiger partial charge on any atom is -0.375 e. The fourth-order valence-corrected chi connectivity index (χ4v) is 3.73. The van der Waals surface area contributed by atoms with E-state index < -0.39 is 0 Å². The summed E-state index contributed by atoms with van der Waals surface area (Å²) in [4.78, 5) is 19.2. The monoisotopic (exact) mass is 374 g/mol. The lowest BCUT2D eigenvalue weighted by atomic mass is 9.85. The number of rotatable bonds is 8. The maximum atomic E-state index is 12.7. The molecule has 27 heavy (non-hydrogen) atoms. The number of amides is 1. The van der Waals surface area contributed by atoms with Gasteiger partial charge in [-0.3, -0.25) is 9.79 Å². The Morgan fingerprint density at radius 1 is 1.22 bits per heavy atom. The maximum Gasteiger partial charge on any atom is 0.230 e. The van der Waals surface area contributed by atoms with Crippen LogP contribution < -0.4 is 10.6 Å². The van der Waals surface area contributed by atoms with Crippen LogP contribution in [0.3, 0.4) is 0 Å². The molecule has 1 fully saturated rings. The van der Waals surface area contributed by atoms with Crippen LogP contribution in [0.1, 0.15) is 44.3 Å². The van der Waals surface area contributed by atoms with Gasteiger partial charge in [-0.25, -0.2) is 0 Å². The van der Waals surface area contributed by atoms with Crippen molar-refractivity contribution >= 4 is 11.9 Å². The summed E-state index contributed by atoms with van der Waals surface area (Å²) in [7, 11) is 5.38. The quantitative estimate of drug-likeness (QED) is 0.542. The zero-order valence-electron chi connectivity index (χ0n) is 17.1. The Morgan fingerprint density at radius 2 is 1.89 bits per heavy atom. The summed E-state index contributed by atoms with van der Waals surface area (Å²) < 4.78 is 5.63. The predicted molar refractivity (Wildman–Crippen MR) is 110 cm³/mol. The molecule has 1 aromatic rings. The zero-order chi connectivity index (χ0) is 19.7. The van der Waals surface area contributed by atoms with Crippen LogP contribution >= 0.6 is 0 Å². The second-order valence-corrected chi connectivity index (χ2v) is 7.40. The molecule has 6 nitrogen and oxygen atoms in total. The highest BCUT2D eigenvalue weighted by Crippen LogP contribution is 2.39. The average molecular weight is 375 g/mol. The molecule has 6 heteroatoms. The van der Waals surface area contributed by atoms with Gasteiger partial charge in [0.2, 0.25) is 5.91 Å². The fourth-order valence-electron chi connectivity index (χ4n) is 3.73. The molecule has 0 spiro atoms. The number of hydrogen-bond acceptors (Lipinski definition) is 3. The molecule has 0 aromatic heterocycles. The van der Waals surface area contributed by atoms with Crippen LogP contribution in [0.4, 0.5) is 0 Å². The maximum absolute atomic E-state index is 12.7. The van der Waals surface area contributed by atoms with Crippen molar-refractivity contribution in [2.24, 2.45) is 10.4 Å². The van der Waals surface area contributed by atoms with Gasteiger partial charge >= 0.3 is 0 Å². The minimum absolute atomic E-state index is 0.0566. The molecule has 1 saturated carbocycles. The number of guanidine groups is 1. The van der Waals surface area contributed by atoms with Gasteiger partial charge in [-0.05, 0) is 25.3 Å². The van der Waals surface area contributed by atoms with Crippen LogP contribution in [0.5, 0.6) is 0 Å². The van der Waals surface area contributed by atoms with Crippen molar-refractivity contribution in [2.75, 3.05) is 40.8 Å². The lowest BCUT2D eigenvalue weighted by molar-refractivity contribution is -0.138. The number of carbonyl (C=O) groups excluding carboxylic acids is 1. The van der Waals surface area contributed by atoms with Gasteiger partial charge < -0.3 is 20.3 Å². The van der Waals surface area contributed by atoms with Crippen LogP contribution in [0, 0.1) is 5.41 Å². The normalized spacial score (nSPS) is 17.4. The summed E-state index contributed by atoms with van der Waals surface area (Å²) in [5, 5.41) is 6.65. The van der Waals surface area contributed by atoms with Crippen molar-refractivity contribution in [2.45, 2.75) is 38.7 Å². The second-order valence-electron chi connectivity index (χ2n) is 7.40. The number of aliphatic imine (C=N–C) groups is 1. The molecule has 1 amide bonds. The van der Waals surface area contributed by atoms with Crippen LogP contribution in [0.2, 0.25) is 0 Å². The van der Waals surface area contributed by atoms with Gasteiger partial charge in [0.25, 0.3) is 0 Å². The highest BCUT2D eigenvalue weighted by Gasteiger charge is 2.42. The van der Waals surface area contributed by atoms with Gasteiger partial charge in [0.05, 0.1) is 18.1 Å². The SMILES string of the molecule is CCNC(=NCC1(C(=O)N(C)C)CCCC1)NCC(OC)c1ccccc1. The summed E-state index contributed by atoms with van der Waals surface area (Å²) in [6, 6.07) is 10.1. The van der Waals surface area contributed by atoms with E-state index in [9.17, 15) is 4.79 Å². The Morgan fingerprint density at radius 3 is 2.44 bits per heavy atom. The molecule has 0 aliphatic heterocycles. The molecule has 0 saturated heterocycles. The molecular formula is C21H34N4O2. The zero-order valence-corrected chi connectivity index (χ0v) is 17.1. The molecule has 1 aliphatic rings. The molecule has 1 aromatic carbocycles. The highest BCUT2D eigenvalue weighted by molar-refractivity contribution is 5.84. The Kier molecular flexibility index (Phi) is 8.10. The van der Waals surface area contributed by atoms with Crippen LogP contribution in [-0.2, 0) is 9.53 Å². The van der Waals surface area contributed by atoms with Crippen molar-refractivity contribution in [1.82, 2.24) is 15.5 Å². The first-order valence-electron chi connectivity index (χ1n) is 9.84. The predicted octanol–water partition coefficient (Wildman–Crippen LogP) is 2.58. The van der Waals surface area contributed by atoms with Crippen molar-refractivity contribution < 1.29 is 9.53 Å². The van der Waals surface area contributed by atoms with Crippen LogP contribution in [0.25, 0.3) is 0 Å². The van der Waals surface area contributed by atoms with E-state index in [0.717, 1.165) is 43.8 Å². The average Bonchev–Trinajstić information content (AvgIpc) is 3.16. The first kappa shape index (κ1) is 21.2. The number of nitrogens with one attached hydrogen (secondary N) is 2. The van der Waals surface area contributed by atoms with Crippen molar-refractivity contribution in [1.29, 1.82) is 0 Å². The van der Waals surface area contributed by atoms with Crippen LogP contribution in [0.15, 0.2) is 35.3 Å². The summed E-state index contributed by atoms with van der Waals surface area (Å²) >= 11 is 0. The van der Waals surface area contributed by atoms with Gasteiger partial charge in [-0.2, -0.15) is 0 Å². The standard InChI is InChI=1S/C21H34N4O2/c1-5-22-20(23-15-18(27-4)17-11-7-6-8-12-17)24-16-21(13-9-10-14-21)19(26)25(2)3/h6-8,11-12,18H,5,9-10,13-16H2,1-4H3,(H2,22,23,24). The third-order valence-electron chi connectivity index (χ3n) is 5.22. The van der Waals surface area contributed by atoms with E-state index in [4.69, 9.17) is 9.73 Å². The third kappa shape index (κ3) is 5.70. The summed E-state index contributed by atoms with van der Waals surface area (Å²) in [6.07, 6.45) is 3.96. The number of methoxy groups -OCH3 is 1. The topological polar surface area (TPSA) is 66.0 Å². The fraction of sp³-hybridized carbons (Fsp3) is 0.619. The first-order chi connectivity index (χ1) is 13.0. The van der Waals surface area contributed by atoms with Gasteiger partial charge in [0.15, 0.2) is 5.96 Å². The molecule has 2 rings (SSSR count). The van der Waals surface area contributed by atoms with Gasteiger partial charge in [-0.15, -0.1) is 0 Å². The molecule has 1 atom stereocenters. The Hall–Kier alpha value is -2.08. The number of hydrogen-bond donors (Lipinski definition) is 2. The summed E-state index contributed by atoms with van der Waals surface area (Å²) in [5.74, 6) is 0.923. The Labute approximate surface area is 163 Å². The smallest absolute Gasteiger partial charge is 0.230 e. The molecule has 2 N–H and O–H groups in total. The molecule has 0 heterocycles. The lowest BCUT2D eigenvalue weighted by Gasteiger charge is -2.29. The van der Waals surface area contributed by atoms with Gasteiger partial charge in [0.1, 0.15) is 0 Å². The number of ether oxygens (including phenoxy) is 1. The summed E-state index contributed by atoms with van der Waals surface area (Å²) in [6.45, 7) is 3.94. The second kappa shape index (κ2) is 10.3. The Bertz CT molecular complexity index is 610. The molecule has 150 valence electrons. The van der Waals surface area contributed by atoms with Gasteiger partial charge in [-0.1, -0.05) is 43.2 Å². The molecule has 1 aliphatic carbocycles. The van der Waals surface area contributed by atoms with E-state index >= 15 is 0 Å². The number of benzene rings is 1. The van der Waals surface area contributed by atoms with Crippen LogP contribution in [-0.4, -0.2) is 57.6 Å². The molecule has 0 bridgehead atoms. The van der Waals surface area contributed by atoms with E-state index in [2.05, 4.69) is 22.8 Å². The van der Waals surface area contributed by atoms with Gasteiger partial charge in [0, 0.05) is 34.3 Å². The lowest BCUT2D eigenvalue weighted by Crippen LogP contribution is -2.43. The van der Waals surface area contributed by atoms with E-state index in [-0.39, 0.29) is 17.4 Å². The number of nitrogens with zero attached hydrogens (tertiary/aromatic N) is 2. The van der Waals surface area contributed by atoms with E-state index in [0.29, 0.717) is 13.1 Å². The molecule has 0 radical (unpaired) electrons. The first-order valence-corrected chi connectivity index (χ1v) is 9.84. The molecule has 1 unspecified atom stereocenters. The minimum atomic E-state index is -0.355. The van der Waals surface area contributed by atoms with E-state index in [1.54, 1.807) is 12.0 Å². The van der Waals surface area contributed by atoms with Crippen molar-refractivity contribution in [3.8, 4) is 0 Å². The largest absolute Gasteiger partial charge is 0.375 e. The molecular weight excluding hydrogens is 340 g/mol. The summed E-state index contributed by atoms with van der Waals surface area (Å²) in [5.41, 5.74) is 0.768. The third-order valence-corrected chi connectivity index (χ3v) is 5.22. The van der Waals surface area contributed by atoms with Crippen molar-refractivity contribution in [3.63, 3.8) is 0 Å². The van der Waals surface area contributed by atoms with E-state index in [1.165, 1.54) is 0 Å². The highest BCUT2D eigenvalue weighted by atomic mass is 16.5. The number of carbonyl (C=O) groups is 1.